The molecule has 0 N–H and O–H groups in total. The zero-order valence-corrected chi connectivity index (χ0v) is 19.3. The fourth-order valence-corrected chi connectivity index (χ4v) is 2.72. The Balaban J connectivity index is 2.59. The predicted octanol–water partition coefficient (Wildman–Crippen LogP) is 6.90. The van der Waals surface area contributed by atoms with Crippen LogP contribution >= 0.6 is 0 Å². The minimum atomic E-state index is -0.359. The average Bonchev–Trinajstić information content (AvgIpc) is 2.71. The lowest BCUT2D eigenvalue weighted by Gasteiger charge is -2.12. The van der Waals surface area contributed by atoms with E-state index < -0.39 is 0 Å². The van der Waals surface area contributed by atoms with Gasteiger partial charge in [0.05, 0.1) is 13.2 Å². The number of carbonyl (C=O) groups excluding carboxylic acids is 1. The van der Waals surface area contributed by atoms with Crippen molar-refractivity contribution in [2.24, 2.45) is 0 Å². The minimum absolute atomic E-state index is 0.291. The molecule has 1 rings (SSSR count). The van der Waals surface area contributed by atoms with Gasteiger partial charge in [0.25, 0.3) is 0 Å². The number of esters is 1. The van der Waals surface area contributed by atoms with Gasteiger partial charge in [-0.05, 0) is 76.8 Å². The van der Waals surface area contributed by atoms with Crippen LogP contribution < -0.4 is 9.47 Å². The molecular weight excluding hydrogens is 376 g/mol. The van der Waals surface area contributed by atoms with E-state index in [0.29, 0.717) is 25.6 Å². The third kappa shape index (κ3) is 11.5. The summed E-state index contributed by atoms with van der Waals surface area (Å²) in [7, 11) is 0. The van der Waals surface area contributed by atoms with E-state index in [1.807, 2.05) is 31.2 Å². The van der Waals surface area contributed by atoms with Crippen LogP contribution in [-0.2, 0) is 9.53 Å². The Morgan fingerprint density at radius 2 is 1.80 bits per heavy atom. The molecule has 4 nitrogen and oxygen atoms in total. The van der Waals surface area contributed by atoms with Crippen molar-refractivity contribution in [2.75, 3.05) is 19.8 Å². The van der Waals surface area contributed by atoms with Crippen molar-refractivity contribution in [3.63, 3.8) is 0 Å². The van der Waals surface area contributed by atoms with Crippen LogP contribution in [0.5, 0.6) is 11.5 Å². The summed E-state index contributed by atoms with van der Waals surface area (Å²) in [5, 5.41) is 0. The summed E-state index contributed by atoms with van der Waals surface area (Å²) in [4.78, 5) is 12.0. The molecule has 1 aromatic rings. The molecule has 1 aromatic carbocycles. The van der Waals surface area contributed by atoms with Gasteiger partial charge < -0.3 is 14.2 Å². The summed E-state index contributed by atoms with van der Waals surface area (Å²) in [6.07, 6.45) is 12.6. The third-order valence-electron chi connectivity index (χ3n) is 4.43. The Hall–Kier alpha value is -2.49. The summed E-state index contributed by atoms with van der Waals surface area (Å²) >= 11 is 0. The summed E-state index contributed by atoms with van der Waals surface area (Å²) < 4.78 is 16.8. The SMILES string of the molecule is CCCCCOc1cc(C=CC(=O)OCC=C(C)CCC=C(C)C)ccc1OCC. The first-order valence-electron chi connectivity index (χ1n) is 11.0. The number of hydrogen-bond acceptors (Lipinski definition) is 4. The molecule has 0 spiro atoms. The highest BCUT2D eigenvalue weighted by Crippen LogP contribution is 2.29. The van der Waals surface area contributed by atoms with E-state index in [9.17, 15) is 4.79 Å². The topological polar surface area (TPSA) is 44.8 Å². The molecule has 0 radical (unpaired) electrons. The maximum absolute atomic E-state index is 12.0. The number of unbranched alkanes of at least 4 members (excludes halogenated alkanes) is 2. The van der Waals surface area contributed by atoms with Crippen molar-refractivity contribution < 1.29 is 19.0 Å². The number of benzene rings is 1. The Morgan fingerprint density at radius 1 is 1.00 bits per heavy atom. The molecule has 0 amide bonds. The molecule has 0 heterocycles. The second kappa shape index (κ2) is 15.4. The van der Waals surface area contributed by atoms with Gasteiger partial charge >= 0.3 is 5.97 Å². The van der Waals surface area contributed by atoms with E-state index in [2.05, 4.69) is 33.8 Å². The van der Waals surface area contributed by atoms with Crippen LogP contribution in [0.3, 0.4) is 0 Å². The summed E-state index contributed by atoms with van der Waals surface area (Å²) in [6, 6.07) is 5.68. The molecule has 0 aliphatic carbocycles. The molecule has 4 heteroatoms. The van der Waals surface area contributed by atoms with Crippen LogP contribution in [-0.4, -0.2) is 25.8 Å². The number of ether oxygens (including phenoxy) is 3. The van der Waals surface area contributed by atoms with E-state index in [4.69, 9.17) is 14.2 Å². The molecule has 0 unspecified atom stereocenters. The first-order chi connectivity index (χ1) is 14.5. The van der Waals surface area contributed by atoms with E-state index in [1.165, 1.54) is 17.2 Å². The van der Waals surface area contributed by atoms with Crippen LogP contribution in [0.2, 0.25) is 0 Å². The zero-order chi connectivity index (χ0) is 22.2. The van der Waals surface area contributed by atoms with Gasteiger partial charge in [-0.25, -0.2) is 4.79 Å². The Labute approximate surface area is 182 Å². The highest BCUT2D eigenvalue weighted by molar-refractivity contribution is 5.87. The fourth-order valence-electron chi connectivity index (χ4n) is 2.72. The van der Waals surface area contributed by atoms with Gasteiger partial charge in [0.1, 0.15) is 6.61 Å². The van der Waals surface area contributed by atoms with Crippen molar-refractivity contribution >= 4 is 12.0 Å². The fraction of sp³-hybridized carbons (Fsp3) is 0.500. The van der Waals surface area contributed by atoms with Gasteiger partial charge in [-0.2, -0.15) is 0 Å². The summed E-state index contributed by atoms with van der Waals surface area (Å²) in [5.74, 6) is 1.07. The maximum Gasteiger partial charge on any atom is 0.331 e. The summed E-state index contributed by atoms with van der Waals surface area (Å²) in [5.41, 5.74) is 3.41. The van der Waals surface area contributed by atoms with Crippen LogP contribution in [0.1, 0.15) is 72.3 Å². The molecule has 0 atom stereocenters. The van der Waals surface area contributed by atoms with Crippen LogP contribution in [0.15, 0.2) is 47.6 Å². The Morgan fingerprint density at radius 3 is 2.50 bits per heavy atom. The average molecular weight is 415 g/mol. The van der Waals surface area contributed by atoms with Gasteiger partial charge in [0.2, 0.25) is 0 Å². The Kier molecular flexibility index (Phi) is 13.1. The molecule has 0 aliphatic rings. The van der Waals surface area contributed by atoms with E-state index in [-0.39, 0.29) is 5.97 Å². The number of rotatable bonds is 14. The summed E-state index contributed by atoms with van der Waals surface area (Å²) in [6.45, 7) is 11.9. The first-order valence-corrected chi connectivity index (χ1v) is 11.0. The van der Waals surface area contributed by atoms with E-state index in [1.54, 1.807) is 6.08 Å². The Bertz CT molecular complexity index is 725. The molecule has 0 aliphatic heterocycles. The third-order valence-corrected chi connectivity index (χ3v) is 4.43. The van der Waals surface area contributed by atoms with Gasteiger partial charge in [0.15, 0.2) is 11.5 Å². The highest BCUT2D eigenvalue weighted by Gasteiger charge is 2.06. The van der Waals surface area contributed by atoms with Gasteiger partial charge in [0, 0.05) is 6.08 Å². The van der Waals surface area contributed by atoms with Gasteiger partial charge in [-0.3, -0.25) is 0 Å². The van der Waals surface area contributed by atoms with Gasteiger partial charge in [-0.15, -0.1) is 0 Å². The molecule has 0 aromatic heterocycles. The van der Waals surface area contributed by atoms with E-state index >= 15 is 0 Å². The second-order valence-corrected chi connectivity index (χ2v) is 7.53. The number of carbonyl (C=O) groups is 1. The van der Waals surface area contributed by atoms with Crippen LogP contribution in [0, 0.1) is 0 Å². The lowest BCUT2D eigenvalue weighted by atomic mass is 10.1. The molecule has 30 heavy (non-hydrogen) atoms. The molecular formula is C26H38O4. The van der Waals surface area contributed by atoms with Crippen LogP contribution in [0.25, 0.3) is 6.08 Å². The number of hydrogen-bond donors (Lipinski definition) is 0. The zero-order valence-electron chi connectivity index (χ0n) is 19.3. The smallest absolute Gasteiger partial charge is 0.331 e. The molecule has 0 bridgehead atoms. The maximum atomic E-state index is 12.0. The van der Waals surface area contributed by atoms with Crippen molar-refractivity contribution in [1.29, 1.82) is 0 Å². The molecule has 0 saturated heterocycles. The number of allylic oxidation sites excluding steroid dienone is 3. The van der Waals surface area contributed by atoms with Crippen molar-refractivity contribution in [3.05, 3.63) is 53.1 Å². The largest absolute Gasteiger partial charge is 0.490 e. The lowest BCUT2D eigenvalue weighted by molar-refractivity contribution is -0.136. The van der Waals surface area contributed by atoms with E-state index in [0.717, 1.165) is 43.4 Å². The molecule has 166 valence electrons. The van der Waals surface area contributed by atoms with Crippen molar-refractivity contribution in [3.8, 4) is 11.5 Å². The van der Waals surface area contributed by atoms with Crippen LogP contribution in [0.4, 0.5) is 0 Å². The highest BCUT2D eigenvalue weighted by atomic mass is 16.5. The standard InChI is InChI=1S/C26H38O4/c1-6-8-9-18-29-25-20-23(13-15-24(25)28-7-2)14-16-26(27)30-19-17-22(5)12-10-11-21(3)4/h11,13-17,20H,6-10,12,18-19H2,1-5H3. The molecule has 0 saturated carbocycles. The normalized spacial score (nSPS) is 11.4. The second-order valence-electron chi connectivity index (χ2n) is 7.53. The first kappa shape index (κ1) is 25.5. The minimum Gasteiger partial charge on any atom is -0.490 e. The molecule has 0 fully saturated rings. The lowest BCUT2D eigenvalue weighted by Crippen LogP contribution is -2.02. The van der Waals surface area contributed by atoms with Crippen molar-refractivity contribution in [1.82, 2.24) is 0 Å². The van der Waals surface area contributed by atoms with Crippen molar-refractivity contribution in [2.45, 2.75) is 66.7 Å². The monoisotopic (exact) mass is 414 g/mol. The predicted molar refractivity (Wildman–Crippen MR) is 125 cm³/mol. The van der Waals surface area contributed by atoms with Gasteiger partial charge in [-0.1, -0.05) is 43.1 Å². The quantitative estimate of drug-likeness (QED) is 0.144.